The number of rotatable bonds is 2. The molecule has 3 heterocycles. The maximum absolute atomic E-state index is 15.3. The van der Waals surface area contributed by atoms with Crippen molar-refractivity contribution < 1.29 is 19.3 Å². The largest absolute Gasteiger partial charge is 0.391 e. The van der Waals surface area contributed by atoms with Gasteiger partial charge in [0.2, 0.25) is 11.6 Å². The van der Waals surface area contributed by atoms with Crippen molar-refractivity contribution >= 4 is 28.7 Å². The van der Waals surface area contributed by atoms with Gasteiger partial charge in [-0.05, 0) is 24.4 Å². The van der Waals surface area contributed by atoms with Crippen LogP contribution in [0.5, 0.6) is 0 Å². The maximum Gasteiger partial charge on any atom is 0.244 e. The minimum Gasteiger partial charge on any atom is -0.391 e. The monoisotopic (exact) mass is 341 g/mol. The fraction of sp³-hybridized carbons (Fsp3) is 0.462. The smallest absolute Gasteiger partial charge is 0.244 e. The summed E-state index contributed by atoms with van der Waals surface area (Å²) in [5, 5.41) is 21.8. The zero-order chi connectivity index (χ0) is 16.8. The first-order chi connectivity index (χ1) is 10.9. The lowest BCUT2D eigenvalue weighted by Gasteiger charge is -2.23. The fourth-order valence-electron chi connectivity index (χ4n) is 2.57. The summed E-state index contributed by atoms with van der Waals surface area (Å²) >= 11 is 5.33. The number of halogens is 2. The molecule has 1 aliphatic rings. The van der Waals surface area contributed by atoms with Gasteiger partial charge in [0.05, 0.1) is 18.6 Å². The number of fused-ring (bicyclic) bond motifs is 1. The Labute approximate surface area is 135 Å². The Kier molecular flexibility index (Phi) is 3.85. The van der Waals surface area contributed by atoms with Gasteiger partial charge in [-0.25, -0.2) is 14.4 Å². The van der Waals surface area contributed by atoms with Crippen molar-refractivity contribution in [3.63, 3.8) is 0 Å². The van der Waals surface area contributed by atoms with E-state index in [2.05, 4.69) is 20.9 Å². The van der Waals surface area contributed by atoms with Gasteiger partial charge in [-0.1, -0.05) is 0 Å². The van der Waals surface area contributed by atoms with Gasteiger partial charge in [-0.2, -0.15) is 4.98 Å². The number of aliphatic hydroxyl groups excluding tert-OH is 2. The number of ether oxygens (including phenoxy) is 1. The molecule has 4 N–H and O–H groups in total. The molecular formula is C13H13ClFN5O3. The van der Waals surface area contributed by atoms with E-state index in [-0.39, 0.29) is 11.6 Å². The number of anilines is 1. The van der Waals surface area contributed by atoms with Crippen LogP contribution in [0.1, 0.15) is 13.2 Å². The maximum atomic E-state index is 15.3. The molecule has 122 valence electrons. The van der Waals surface area contributed by atoms with Crippen LogP contribution in [0.2, 0.25) is 0 Å². The van der Waals surface area contributed by atoms with Crippen LogP contribution in [-0.4, -0.2) is 53.7 Å². The Morgan fingerprint density at radius 2 is 2.30 bits per heavy atom. The second-order valence-electron chi connectivity index (χ2n) is 5.21. The average Bonchev–Trinajstić information content (AvgIpc) is 3.00. The van der Waals surface area contributed by atoms with Crippen molar-refractivity contribution in [2.45, 2.75) is 37.1 Å². The van der Waals surface area contributed by atoms with Crippen LogP contribution in [0.3, 0.4) is 0 Å². The lowest BCUT2D eigenvalue weighted by Crippen LogP contribution is -2.44. The fourth-order valence-corrected chi connectivity index (χ4v) is 2.72. The summed E-state index contributed by atoms with van der Waals surface area (Å²) in [6, 6.07) is 0. The third kappa shape index (κ3) is 2.40. The Morgan fingerprint density at radius 3 is 2.96 bits per heavy atom. The molecule has 0 bridgehead atoms. The summed E-state index contributed by atoms with van der Waals surface area (Å²) in [6.07, 6.45) is -2.81. The SMILES string of the molecule is C[C@H](O)[C@H]1O[C@@H](n2cnc3cnc(N)nc32)[C@@](F)(C#CCl)C1O. The zero-order valence-corrected chi connectivity index (χ0v) is 12.6. The van der Waals surface area contributed by atoms with Gasteiger partial charge in [0.1, 0.15) is 17.7 Å². The van der Waals surface area contributed by atoms with E-state index < -0.39 is 30.2 Å². The number of hydrogen-bond acceptors (Lipinski definition) is 7. The summed E-state index contributed by atoms with van der Waals surface area (Å²) in [7, 11) is 0. The summed E-state index contributed by atoms with van der Waals surface area (Å²) in [4.78, 5) is 11.8. The molecule has 8 nitrogen and oxygen atoms in total. The second kappa shape index (κ2) is 5.58. The Hall–Kier alpha value is -1.99. The molecule has 3 rings (SSSR count). The first-order valence-electron chi connectivity index (χ1n) is 6.67. The first-order valence-corrected chi connectivity index (χ1v) is 7.04. The van der Waals surface area contributed by atoms with Crippen LogP contribution in [-0.2, 0) is 4.74 Å². The van der Waals surface area contributed by atoms with Crippen LogP contribution < -0.4 is 5.73 Å². The first kappa shape index (κ1) is 15.9. The molecular weight excluding hydrogens is 329 g/mol. The molecule has 0 spiro atoms. The minimum absolute atomic E-state index is 0.0299. The van der Waals surface area contributed by atoms with Gasteiger partial charge in [-0.3, -0.25) is 4.57 Å². The molecule has 0 aromatic carbocycles. The molecule has 5 atom stereocenters. The summed E-state index contributed by atoms with van der Waals surface area (Å²) in [5.41, 5.74) is 3.55. The zero-order valence-electron chi connectivity index (χ0n) is 11.9. The van der Waals surface area contributed by atoms with E-state index >= 15 is 4.39 Å². The third-order valence-electron chi connectivity index (χ3n) is 3.69. The molecule has 0 radical (unpaired) electrons. The van der Waals surface area contributed by atoms with E-state index in [0.717, 1.165) is 0 Å². The Morgan fingerprint density at radius 1 is 1.57 bits per heavy atom. The normalized spacial score (nSPS) is 31.8. The highest BCUT2D eigenvalue weighted by Crippen LogP contribution is 2.43. The molecule has 1 fully saturated rings. The quantitative estimate of drug-likeness (QED) is 0.655. The van der Waals surface area contributed by atoms with Crippen molar-refractivity contribution in [1.82, 2.24) is 19.5 Å². The van der Waals surface area contributed by atoms with E-state index in [9.17, 15) is 10.2 Å². The molecule has 2 aromatic rings. The van der Waals surface area contributed by atoms with Crippen LogP contribution in [0, 0.1) is 11.3 Å². The van der Waals surface area contributed by atoms with E-state index in [0.29, 0.717) is 5.52 Å². The van der Waals surface area contributed by atoms with Gasteiger partial charge in [-0.15, -0.1) is 0 Å². The van der Waals surface area contributed by atoms with Crippen molar-refractivity contribution in [1.29, 1.82) is 0 Å². The van der Waals surface area contributed by atoms with Gasteiger partial charge >= 0.3 is 0 Å². The number of alkyl halides is 1. The van der Waals surface area contributed by atoms with E-state index in [1.807, 2.05) is 5.38 Å². The highest BCUT2D eigenvalue weighted by molar-refractivity contribution is 6.30. The highest BCUT2D eigenvalue weighted by atomic mass is 35.5. The third-order valence-corrected chi connectivity index (χ3v) is 3.78. The molecule has 0 amide bonds. The van der Waals surface area contributed by atoms with Crippen LogP contribution in [0.25, 0.3) is 11.2 Å². The van der Waals surface area contributed by atoms with E-state index in [1.54, 1.807) is 0 Å². The molecule has 0 aliphatic carbocycles. The Balaban J connectivity index is 2.14. The van der Waals surface area contributed by atoms with Gasteiger partial charge in [0.15, 0.2) is 11.9 Å². The van der Waals surface area contributed by atoms with Crippen molar-refractivity contribution in [3.8, 4) is 11.3 Å². The average molecular weight is 342 g/mol. The van der Waals surface area contributed by atoms with Gasteiger partial charge in [0, 0.05) is 5.38 Å². The lowest BCUT2D eigenvalue weighted by atomic mass is 9.95. The number of aromatic nitrogens is 4. The summed E-state index contributed by atoms with van der Waals surface area (Å²) < 4.78 is 22.0. The molecule has 10 heteroatoms. The minimum atomic E-state index is -2.56. The predicted octanol–water partition coefficient (Wildman–Crippen LogP) is -0.0444. The second-order valence-corrected chi connectivity index (χ2v) is 5.40. The molecule has 2 aromatic heterocycles. The number of nitrogens with two attached hydrogens (primary N) is 1. The number of aliphatic hydroxyl groups is 2. The molecule has 23 heavy (non-hydrogen) atoms. The number of imidazole rings is 1. The van der Waals surface area contributed by atoms with Gasteiger partial charge < -0.3 is 20.7 Å². The summed E-state index contributed by atoms with van der Waals surface area (Å²) in [6.45, 7) is 1.37. The molecule has 1 unspecified atom stereocenters. The lowest BCUT2D eigenvalue weighted by molar-refractivity contribution is -0.0776. The number of hydrogen-bond donors (Lipinski definition) is 3. The van der Waals surface area contributed by atoms with Crippen LogP contribution >= 0.6 is 11.6 Å². The van der Waals surface area contributed by atoms with Crippen molar-refractivity contribution in [2.75, 3.05) is 5.73 Å². The topological polar surface area (TPSA) is 119 Å². The van der Waals surface area contributed by atoms with Crippen LogP contribution in [0.4, 0.5) is 10.3 Å². The molecule has 0 saturated carbocycles. The molecule has 1 aliphatic heterocycles. The van der Waals surface area contributed by atoms with E-state index in [4.69, 9.17) is 22.1 Å². The Bertz CT molecular complexity index is 804. The standard InChI is InChI=1S/C13H13ClFN5O3/c1-6(21)8-9(22)13(15,2-3-14)11(23-8)20-5-18-7-4-17-12(16)19-10(7)20/h4-6,8-9,11,21-22H,1H3,(H2,16,17,19)/t6-,8+,9?,11+,13+/m0/s1. The summed E-state index contributed by atoms with van der Waals surface area (Å²) in [5.74, 6) is 2.08. The van der Waals surface area contributed by atoms with Crippen molar-refractivity contribution in [3.05, 3.63) is 12.5 Å². The highest BCUT2D eigenvalue weighted by Gasteiger charge is 2.59. The number of nitrogens with zero attached hydrogens (tertiary/aromatic N) is 4. The van der Waals surface area contributed by atoms with Gasteiger partial charge in [0.25, 0.3) is 0 Å². The van der Waals surface area contributed by atoms with Crippen LogP contribution in [0.15, 0.2) is 12.5 Å². The number of nitrogen functional groups attached to an aromatic ring is 1. The molecule has 1 saturated heterocycles. The predicted molar refractivity (Wildman–Crippen MR) is 78.8 cm³/mol. The van der Waals surface area contributed by atoms with Crippen molar-refractivity contribution in [2.24, 2.45) is 0 Å². The van der Waals surface area contributed by atoms with E-state index in [1.165, 1.54) is 24.0 Å².